The molecule has 0 atom stereocenters. The third kappa shape index (κ3) is 5.84. The van der Waals surface area contributed by atoms with E-state index in [2.05, 4.69) is 29.2 Å². The summed E-state index contributed by atoms with van der Waals surface area (Å²) in [4.78, 5) is 16.6. The molecule has 1 heterocycles. The molecule has 1 aliphatic rings. The topological polar surface area (TPSA) is 32.8 Å². The number of carbonyl (C=O) groups is 1. The molecule has 0 unspecified atom stereocenters. The van der Waals surface area contributed by atoms with Crippen molar-refractivity contribution in [3.05, 3.63) is 70.8 Å². The van der Waals surface area contributed by atoms with Crippen LogP contribution in [0.2, 0.25) is 5.02 Å². The van der Waals surface area contributed by atoms with E-state index in [-0.39, 0.29) is 12.5 Å². The van der Waals surface area contributed by atoms with E-state index < -0.39 is 0 Å². The van der Waals surface area contributed by atoms with Crippen LogP contribution >= 0.6 is 11.6 Å². The van der Waals surface area contributed by atoms with E-state index in [4.69, 9.17) is 16.3 Å². The second kappa shape index (κ2) is 9.58. The van der Waals surface area contributed by atoms with Crippen molar-refractivity contribution < 1.29 is 9.53 Å². The number of nitrogens with zero attached hydrogens (tertiary/aromatic N) is 2. The summed E-state index contributed by atoms with van der Waals surface area (Å²) in [5.74, 6) is 0.737. The second-order valence-electron chi connectivity index (χ2n) is 6.69. The van der Waals surface area contributed by atoms with Crippen molar-refractivity contribution in [1.82, 2.24) is 9.80 Å². The van der Waals surface area contributed by atoms with Gasteiger partial charge in [0.25, 0.3) is 5.91 Å². The van der Waals surface area contributed by atoms with Crippen molar-refractivity contribution >= 4 is 23.6 Å². The number of rotatable bonds is 6. The van der Waals surface area contributed by atoms with Gasteiger partial charge in [0.05, 0.1) is 0 Å². The Bertz CT molecular complexity index is 784. The summed E-state index contributed by atoms with van der Waals surface area (Å²) < 4.78 is 5.67. The minimum absolute atomic E-state index is 0.0313. The third-order valence-electron chi connectivity index (χ3n) is 4.69. The normalized spacial score (nSPS) is 15.3. The minimum atomic E-state index is 0.0313. The van der Waals surface area contributed by atoms with Crippen LogP contribution in [0.1, 0.15) is 11.1 Å². The van der Waals surface area contributed by atoms with Crippen LogP contribution in [0.25, 0.3) is 6.08 Å². The quantitative estimate of drug-likeness (QED) is 0.757. The maximum Gasteiger partial charge on any atom is 0.260 e. The van der Waals surface area contributed by atoms with Crippen molar-refractivity contribution in [3.63, 3.8) is 0 Å². The van der Waals surface area contributed by atoms with Crippen molar-refractivity contribution in [3.8, 4) is 5.75 Å². The molecule has 142 valence electrons. The number of benzene rings is 2. The van der Waals surface area contributed by atoms with E-state index >= 15 is 0 Å². The Kier molecular flexibility index (Phi) is 6.91. The molecule has 0 saturated carbocycles. The number of piperazine rings is 1. The first-order valence-electron chi connectivity index (χ1n) is 9.22. The van der Waals surface area contributed by atoms with E-state index in [1.807, 2.05) is 42.2 Å². The number of amides is 1. The maximum absolute atomic E-state index is 12.4. The first kappa shape index (κ1) is 19.5. The predicted molar refractivity (Wildman–Crippen MR) is 110 cm³/mol. The Morgan fingerprint density at radius 3 is 2.56 bits per heavy atom. The monoisotopic (exact) mass is 384 g/mol. The van der Waals surface area contributed by atoms with Crippen LogP contribution in [0, 0.1) is 6.92 Å². The molecule has 0 spiro atoms. The first-order chi connectivity index (χ1) is 13.1. The van der Waals surface area contributed by atoms with Gasteiger partial charge in [-0.25, -0.2) is 0 Å². The molecule has 4 nitrogen and oxygen atoms in total. The highest BCUT2D eigenvalue weighted by Crippen LogP contribution is 2.21. The highest BCUT2D eigenvalue weighted by atomic mass is 35.5. The number of ether oxygens (including phenoxy) is 1. The van der Waals surface area contributed by atoms with Crippen LogP contribution in [0.5, 0.6) is 5.75 Å². The summed E-state index contributed by atoms with van der Waals surface area (Å²) >= 11 is 5.95. The largest absolute Gasteiger partial charge is 0.483 e. The summed E-state index contributed by atoms with van der Waals surface area (Å²) in [6.45, 7) is 6.12. The molecular formula is C22H25ClN2O2. The second-order valence-corrected chi connectivity index (χ2v) is 7.13. The Morgan fingerprint density at radius 2 is 1.85 bits per heavy atom. The lowest BCUT2D eigenvalue weighted by Crippen LogP contribution is -2.49. The Hall–Kier alpha value is -2.30. The number of carbonyl (C=O) groups excluding carboxylic acids is 1. The van der Waals surface area contributed by atoms with Crippen LogP contribution in [-0.2, 0) is 4.79 Å². The molecule has 0 aromatic heterocycles. The standard InChI is InChI=1S/C22H25ClN2O2/c1-18-16-20(23)9-10-21(18)27-17-22(26)25-14-12-24(13-15-25)11-5-8-19-6-3-2-4-7-19/h2-10,16H,11-15,17H2,1H3/b8-5+. The van der Waals surface area contributed by atoms with Gasteiger partial charge in [-0.15, -0.1) is 0 Å². The average Bonchev–Trinajstić information content (AvgIpc) is 2.68. The lowest BCUT2D eigenvalue weighted by atomic mass is 10.2. The Labute approximate surface area is 166 Å². The molecule has 0 radical (unpaired) electrons. The molecule has 2 aromatic carbocycles. The van der Waals surface area contributed by atoms with Crippen molar-refractivity contribution in [2.45, 2.75) is 6.92 Å². The zero-order valence-electron chi connectivity index (χ0n) is 15.6. The lowest BCUT2D eigenvalue weighted by Gasteiger charge is -2.34. The SMILES string of the molecule is Cc1cc(Cl)ccc1OCC(=O)N1CCN(C/C=C/c2ccccc2)CC1. The van der Waals surface area contributed by atoms with E-state index in [0.717, 1.165) is 38.3 Å². The Morgan fingerprint density at radius 1 is 1.11 bits per heavy atom. The van der Waals surface area contributed by atoms with Gasteiger partial charge in [-0.05, 0) is 36.2 Å². The number of hydrogen-bond acceptors (Lipinski definition) is 3. The van der Waals surface area contributed by atoms with Crippen LogP contribution in [0.4, 0.5) is 0 Å². The zero-order valence-corrected chi connectivity index (χ0v) is 16.4. The van der Waals surface area contributed by atoms with Crippen LogP contribution < -0.4 is 4.74 Å². The van der Waals surface area contributed by atoms with Crippen LogP contribution in [-0.4, -0.2) is 55.0 Å². The summed E-state index contributed by atoms with van der Waals surface area (Å²) in [6.07, 6.45) is 4.32. The van der Waals surface area contributed by atoms with Gasteiger partial charge in [0.2, 0.25) is 0 Å². The molecule has 1 saturated heterocycles. The predicted octanol–water partition coefficient (Wildman–Crippen LogP) is 3.88. The fourth-order valence-corrected chi connectivity index (χ4v) is 3.31. The Balaban J connectivity index is 1.40. The van der Waals surface area contributed by atoms with Gasteiger partial charge < -0.3 is 9.64 Å². The molecule has 1 amide bonds. The fourth-order valence-electron chi connectivity index (χ4n) is 3.09. The molecule has 0 bridgehead atoms. The number of halogens is 1. The van der Waals surface area contributed by atoms with Crippen molar-refractivity contribution in [1.29, 1.82) is 0 Å². The molecule has 3 rings (SSSR count). The van der Waals surface area contributed by atoms with Crippen LogP contribution in [0.3, 0.4) is 0 Å². The van der Waals surface area contributed by atoms with Gasteiger partial charge in [0, 0.05) is 37.7 Å². The summed E-state index contributed by atoms with van der Waals surface area (Å²) in [7, 11) is 0. The molecule has 5 heteroatoms. The van der Waals surface area contributed by atoms with Crippen molar-refractivity contribution in [2.75, 3.05) is 39.3 Å². The highest BCUT2D eigenvalue weighted by Gasteiger charge is 2.20. The zero-order chi connectivity index (χ0) is 19.1. The first-order valence-corrected chi connectivity index (χ1v) is 9.60. The molecule has 0 aliphatic carbocycles. The number of aryl methyl sites for hydroxylation is 1. The number of hydrogen-bond donors (Lipinski definition) is 0. The van der Waals surface area contributed by atoms with E-state index in [1.165, 1.54) is 5.56 Å². The highest BCUT2D eigenvalue weighted by molar-refractivity contribution is 6.30. The summed E-state index contributed by atoms with van der Waals surface area (Å²) in [6, 6.07) is 15.7. The van der Waals surface area contributed by atoms with E-state index in [0.29, 0.717) is 10.8 Å². The van der Waals surface area contributed by atoms with Gasteiger partial charge >= 0.3 is 0 Å². The average molecular weight is 385 g/mol. The van der Waals surface area contributed by atoms with Gasteiger partial charge in [-0.3, -0.25) is 9.69 Å². The molecule has 2 aromatic rings. The maximum atomic E-state index is 12.4. The summed E-state index contributed by atoms with van der Waals surface area (Å²) in [5.41, 5.74) is 2.14. The van der Waals surface area contributed by atoms with Crippen molar-refractivity contribution in [2.24, 2.45) is 0 Å². The molecule has 0 N–H and O–H groups in total. The van der Waals surface area contributed by atoms with Gasteiger partial charge in [0.1, 0.15) is 5.75 Å². The molecule has 1 aliphatic heterocycles. The molecular weight excluding hydrogens is 360 g/mol. The molecule has 27 heavy (non-hydrogen) atoms. The van der Waals surface area contributed by atoms with Gasteiger partial charge in [-0.1, -0.05) is 54.1 Å². The van der Waals surface area contributed by atoms with Gasteiger partial charge in [-0.2, -0.15) is 0 Å². The van der Waals surface area contributed by atoms with E-state index in [1.54, 1.807) is 6.07 Å². The summed E-state index contributed by atoms with van der Waals surface area (Å²) in [5, 5.41) is 0.670. The smallest absolute Gasteiger partial charge is 0.260 e. The third-order valence-corrected chi connectivity index (χ3v) is 4.92. The minimum Gasteiger partial charge on any atom is -0.483 e. The van der Waals surface area contributed by atoms with Crippen LogP contribution in [0.15, 0.2) is 54.6 Å². The molecule has 1 fully saturated rings. The van der Waals surface area contributed by atoms with E-state index in [9.17, 15) is 4.79 Å². The van der Waals surface area contributed by atoms with Gasteiger partial charge in [0.15, 0.2) is 6.61 Å². The lowest BCUT2D eigenvalue weighted by molar-refractivity contribution is -0.135. The fraction of sp³-hybridized carbons (Fsp3) is 0.318.